The van der Waals surface area contributed by atoms with Gasteiger partial charge >= 0.3 is 12.2 Å². The van der Waals surface area contributed by atoms with Crippen molar-refractivity contribution >= 4 is 17.9 Å². The van der Waals surface area contributed by atoms with Crippen LogP contribution < -0.4 is 10.6 Å². The van der Waals surface area contributed by atoms with Gasteiger partial charge in [-0.05, 0) is 51.3 Å². The van der Waals surface area contributed by atoms with Crippen LogP contribution in [0.25, 0.3) is 0 Å². The summed E-state index contributed by atoms with van der Waals surface area (Å²) >= 11 is 0. The molecule has 2 N–H and O–H groups in total. The number of nitrogens with one attached hydrogen (secondary N) is 2. The predicted molar refractivity (Wildman–Crippen MR) is 122 cm³/mol. The van der Waals surface area contributed by atoms with Crippen LogP contribution >= 0.6 is 0 Å². The number of rotatable bonds is 13. The normalized spacial score (nSPS) is 11.1. The van der Waals surface area contributed by atoms with Crippen molar-refractivity contribution in [1.82, 2.24) is 5.32 Å². The molecule has 170 valence electrons. The predicted octanol–water partition coefficient (Wildman–Crippen LogP) is 6.44. The fraction of sp³-hybridized carbons (Fsp3) is 0.667. The summed E-state index contributed by atoms with van der Waals surface area (Å²) in [4.78, 5) is 23.3. The molecule has 0 atom stereocenters. The summed E-state index contributed by atoms with van der Waals surface area (Å²) < 4.78 is 10.2. The van der Waals surface area contributed by atoms with Crippen molar-refractivity contribution < 1.29 is 19.1 Å². The Morgan fingerprint density at radius 2 is 1.47 bits per heavy atom. The number of benzene rings is 1. The summed E-state index contributed by atoms with van der Waals surface area (Å²) in [6.45, 7) is 7.88. The van der Waals surface area contributed by atoms with Gasteiger partial charge in [-0.2, -0.15) is 0 Å². The average Bonchev–Trinajstić information content (AvgIpc) is 2.67. The fourth-order valence-corrected chi connectivity index (χ4v) is 2.98. The molecule has 0 bridgehead atoms. The van der Waals surface area contributed by atoms with Gasteiger partial charge in [-0.1, -0.05) is 64.0 Å². The molecule has 0 aliphatic carbocycles. The Labute approximate surface area is 182 Å². The number of hydrogen-bond acceptors (Lipinski definition) is 4. The van der Waals surface area contributed by atoms with Gasteiger partial charge in [0.05, 0.1) is 6.54 Å². The summed E-state index contributed by atoms with van der Waals surface area (Å²) in [5.41, 5.74) is 1.42. The maximum absolute atomic E-state index is 11.8. The van der Waals surface area contributed by atoms with Crippen LogP contribution in [0, 0.1) is 0 Å². The van der Waals surface area contributed by atoms with Gasteiger partial charge in [0.15, 0.2) is 0 Å². The van der Waals surface area contributed by atoms with Gasteiger partial charge in [-0.25, -0.2) is 9.59 Å². The van der Waals surface area contributed by atoms with Gasteiger partial charge in [0.25, 0.3) is 0 Å². The minimum atomic E-state index is -0.553. The van der Waals surface area contributed by atoms with Crippen LogP contribution in [0.5, 0.6) is 0 Å². The third-order valence-corrected chi connectivity index (χ3v) is 4.52. The van der Waals surface area contributed by atoms with Crippen LogP contribution in [0.1, 0.15) is 84.6 Å². The SMILES string of the molecule is CCCCCCCCCCc1ccc(NC(=O)OCCNC(=O)OC(C)(C)C)cc1. The summed E-state index contributed by atoms with van der Waals surface area (Å²) in [6.07, 6.45) is 10.5. The van der Waals surface area contributed by atoms with Crippen LogP contribution in [0.3, 0.4) is 0 Å². The largest absolute Gasteiger partial charge is 0.447 e. The molecule has 0 heterocycles. The molecular weight excluding hydrogens is 380 g/mol. The second kappa shape index (κ2) is 14.7. The Morgan fingerprint density at radius 3 is 2.07 bits per heavy atom. The molecule has 0 spiro atoms. The van der Waals surface area contributed by atoms with E-state index >= 15 is 0 Å². The van der Waals surface area contributed by atoms with Crippen LogP contribution in [0.4, 0.5) is 15.3 Å². The molecule has 0 unspecified atom stereocenters. The third kappa shape index (κ3) is 13.9. The maximum atomic E-state index is 11.8. The van der Waals surface area contributed by atoms with Crippen molar-refractivity contribution in [1.29, 1.82) is 0 Å². The van der Waals surface area contributed by atoms with Crippen LogP contribution in [-0.4, -0.2) is 30.9 Å². The van der Waals surface area contributed by atoms with E-state index < -0.39 is 17.8 Å². The average molecular weight is 421 g/mol. The van der Waals surface area contributed by atoms with E-state index in [1.807, 2.05) is 24.3 Å². The molecule has 6 heteroatoms. The monoisotopic (exact) mass is 420 g/mol. The second-order valence-electron chi connectivity index (χ2n) is 8.61. The standard InChI is InChI=1S/C24H40N2O4/c1-5-6-7-8-9-10-11-12-13-20-14-16-21(17-15-20)26-23(28)29-19-18-25-22(27)30-24(2,3)4/h14-17H,5-13,18-19H2,1-4H3,(H,25,27)(H,26,28). The van der Waals surface area contributed by atoms with Gasteiger partial charge in [0.1, 0.15) is 12.2 Å². The van der Waals surface area contributed by atoms with Gasteiger partial charge in [0, 0.05) is 5.69 Å². The lowest BCUT2D eigenvalue weighted by molar-refractivity contribution is 0.0514. The molecule has 30 heavy (non-hydrogen) atoms. The Balaban J connectivity index is 2.13. The zero-order chi connectivity index (χ0) is 22.2. The van der Waals surface area contributed by atoms with Crippen molar-refractivity contribution in [3.8, 4) is 0 Å². The first kappa shape index (κ1) is 25.8. The minimum Gasteiger partial charge on any atom is -0.447 e. The number of anilines is 1. The highest BCUT2D eigenvalue weighted by molar-refractivity contribution is 5.84. The van der Waals surface area contributed by atoms with Crippen LogP contribution in [0.15, 0.2) is 24.3 Å². The highest BCUT2D eigenvalue weighted by atomic mass is 16.6. The first-order valence-corrected chi connectivity index (χ1v) is 11.3. The number of hydrogen-bond donors (Lipinski definition) is 2. The number of aryl methyl sites for hydroxylation is 1. The number of carbonyl (C=O) groups is 2. The second-order valence-corrected chi connectivity index (χ2v) is 8.61. The quantitative estimate of drug-likeness (QED) is 0.360. The first-order chi connectivity index (χ1) is 14.3. The molecule has 0 radical (unpaired) electrons. The van der Waals surface area contributed by atoms with E-state index in [1.165, 1.54) is 56.9 Å². The van der Waals surface area contributed by atoms with E-state index in [2.05, 4.69) is 17.6 Å². The molecule has 0 aliphatic rings. The molecular formula is C24H40N2O4. The third-order valence-electron chi connectivity index (χ3n) is 4.52. The zero-order valence-corrected chi connectivity index (χ0v) is 19.2. The van der Waals surface area contributed by atoms with Gasteiger partial charge in [-0.15, -0.1) is 0 Å². The summed E-state index contributed by atoms with van der Waals surface area (Å²) in [7, 11) is 0. The Kier molecular flexibility index (Phi) is 12.6. The van der Waals surface area contributed by atoms with E-state index in [1.54, 1.807) is 20.8 Å². The maximum Gasteiger partial charge on any atom is 0.411 e. The molecule has 1 aromatic carbocycles. The van der Waals surface area contributed by atoms with Crippen molar-refractivity contribution in [2.24, 2.45) is 0 Å². The first-order valence-electron chi connectivity index (χ1n) is 11.3. The summed E-state index contributed by atoms with van der Waals surface area (Å²) in [5.74, 6) is 0. The Hall–Kier alpha value is -2.24. The molecule has 2 amide bonds. The number of alkyl carbamates (subject to hydrolysis) is 1. The molecule has 0 saturated heterocycles. The lowest BCUT2D eigenvalue weighted by Gasteiger charge is -2.19. The van der Waals surface area contributed by atoms with Gasteiger partial charge in [-0.3, -0.25) is 5.32 Å². The Morgan fingerprint density at radius 1 is 0.867 bits per heavy atom. The van der Waals surface area contributed by atoms with Gasteiger partial charge in [0.2, 0.25) is 0 Å². The van der Waals surface area contributed by atoms with E-state index in [4.69, 9.17) is 9.47 Å². The molecule has 0 saturated carbocycles. The minimum absolute atomic E-state index is 0.0710. The van der Waals surface area contributed by atoms with Crippen molar-refractivity contribution in [3.63, 3.8) is 0 Å². The van der Waals surface area contributed by atoms with Crippen molar-refractivity contribution in [2.75, 3.05) is 18.5 Å². The number of amides is 2. The summed E-state index contributed by atoms with van der Waals surface area (Å²) in [5, 5.41) is 5.23. The fourth-order valence-electron chi connectivity index (χ4n) is 2.98. The molecule has 1 rings (SSSR count). The van der Waals surface area contributed by atoms with Gasteiger partial charge < -0.3 is 14.8 Å². The van der Waals surface area contributed by atoms with E-state index in [0.717, 1.165) is 6.42 Å². The molecule has 0 aliphatic heterocycles. The lowest BCUT2D eigenvalue weighted by atomic mass is 10.0. The lowest BCUT2D eigenvalue weighted by Crippen LogP contribution is -2.34. The number of carbonyl (C=O) groups excluding carboxylic acids is 2. The highest BCUT2D eigenvalue weighted by Gasteiger charge is 2.15. The molecule has 1 aromatic rings. The van der Waals surface area contributed by atoms with Crippen LogP contribution in [-0.2, 0) is 15.9 Å². The summed E-state index contributed by atoms with van der Waals surface area (Å²) in [6, 6.07) is 7.86. The smallest absolute Gasteiger partial charge is 0.411 e. The van der Waals surface area contributed by atoms with E-state index in [9.17, 15) is 9.59 Å². The highest BCUT2D eigenvalue weighted by Crippen LogP contribution is 2.14. The van der Waals surface area contributed by atoms with Crippen molar-refractivity contribution in [2.45, 2.75) is 91.1 Å². The van der Waals surface area contributed by atoms with E-state index in [0.29, 0.717) is 5.69 Å². The topological polar surface area (TPSA) is 76.7 Å². The molecule has 0 fully saturated rings. The number of ether oxygens (including phenoxy) is 2. The van der Waals surface area contributed by atoms with E-state index in [-0.39, 0.29) is 13.2 Å². The molecule has 0 aromatic heterocycles. The van der Waals surface area contributed by atoms with Crippen LogP contribution in [0.2, 0.25) is 0 Å². The molecule has 6 nitrogen and oxygen atoms in total. The number of unbranched alkanes of at least 4 members (excludes halogenated alkanes) is 7. The van der Waals surface area contributed by atoms with Crippen molar-refractivity contribution in [3.05, 3.63) is 29.8 Å². The zero-order valence-electron chi connectivity index (χ0n) is 19.2. The Bertz CT molecular complexity index is 609.